The van der Waals surface area contributed by atoms with Gasteiger partial charge in [0.2, 0.25) is 0 Å². The summed E-state index contributed by atoms with van der Waals surface area (Å²) in [5.41, 5.74) is 1.53. The monoisotopic (exact) mass is 437 g/mol. The van der Waals surface area contributed by atoms with E-state index < -0.39 is 36.3 Å². The van der Waals surface area contributed by atoms with Crippen LogP contribution in [0.5, 0.6) is 5.75 Å². The number of rotatable bonds is 5. The largest absolute Gasteiger partial charge is 0.508 e. The maximum Gasteiger partial charge on any atom is 0.390 e. The van der Waals surface area contributed by atoms with Gasteiger partial charge in [-0.2, -0.15) is 13.2 Å². The second-order valence-electron chi connectivity index (χ2n) is 8.42. The average Bonchev–Trinajstić information content (AvgIpc) is 3.03. The summed E-state index contributed by atoms with van der Waals surface area (Å²) in [7, 11) is 0. The lowest BCUT2D eigenvalue weighted by molar-refractivity contribution is -0.132. The molecule has 0 aliphatic rings. The molecule has 1 heterocycles. The Hall–Kier alpha value is -3.10. The standard InChI is InChI=1S/C22H23F4N3O2/c1-21(2,3)14-11-15(23)13(9-18(14)30)10-19-28-16-5-4-12(8-17(16)29-19)20(31)27-7-6-22(24,25)26/h4-5,8-9,11,30H,6-7,10H2,1-3H3,(H,27,31)(H,28,29). The number of hydrogen-bond acceptors (Lipinski definition) is 3. The number of phenolic OH excluding ortho intramolecular Hbond substituents is 1. The van der Waals surface area contributed by atoms with Gasteiger partial charge >= 0.3 is 6.18 Å². The van der Waals surface area contributed by atoms with E-state index in [1.54, 1.807) is 6.07 Å². The molecule has 2 aromatic carbocycles. The van der Waals surface area contributed by atoms with Crippen LogP contribution in [0.3, 0.4) is 0 Å². The van der Waals surface area contributed by atoms with E-state index in [4.69, 9.17) is 0 Å². The van der Waals surface area contributed by atoms with Crippen molar-refractivity contribution in [1.82, 2.24) is 15.3 Å². The third-order valence-electron chi connectivity index (χ3n) is 4.82. The van der Waals surface area contributed by atoms with Crippen molar-refractivity contribution in [2.75, 3.05) is 6.54 Å². The number of fused-ring (bicyclic) bond motifs is 1. The minimum absolute atomic E-state index is 0.00201. The van der Waals surface area contributed by atoms with Gasteiger partial charge in [-0.25, -0.2) is 9.37 Å². The smallest absolute Gasteiger partial charge is 0.390 e. The van der Waals surface area contributed by atoms with Crippen LogP contribution in [0.15, 0.2) is 30.3 Å². The first-order valence-electron chi connectivity index (χ1n) is 9.69. The fourth-order valence-corrected chi connectivity index (χ4v) is 3.23. The molecule has 0 spiro atoms. The summed E-state index contributed by atoms with van der Waals surface area (Å²) in [6.07, 6.45) is -5.37. The maximum atomic E-state index is 14.6. The van der Waals surface area contributed by atoms with Crippen molar-refractivity contribution in [3.63, 3.8) is 0 Å². The molecule has 0 saturated carbocycles. The lowest BCUT2D eigenvalue weighted by Crippen LogP contribution is -2.27. The van der Waals surface area contributed by atoms with Gasteiger partial charge < -0.3 is 15.4 Å². The summed E-state index contributed by atoms with van der Waals surface area (Å²) in [6, 6.07) is 7.20. The molecule has 0 unspecified atom stereocenters. The number of H-pyrrole nitrogens is 1. The first-order chi connectivity index (χ1) is 14.3. The zero-order valence-electron chi connectivity index (χ0n) is 17.3. The van der Waals surface area contributed by atoms with Crippen molar-refractivity contribution in [3.8, 4) is 5.75 Å². The number of benzene rings is 2. The predicted molar refractivity (Wildman–Crippen MR) is 109 cm³/mol. The molecule has 0 fully saturated rings. The summed E-state index contributed by atoms with van der Waals surface area (Å²) in [4.78, 5) is 19.4. The molecular weight excluding hydrogens is 414 g/mol. The number of nitrogens with zero attached hydrogens (tertiary/aromatic N) is 1. The molecule has 3 N–H and O–H groups in total. The van der Waals surface area contributed by atoms with Gasteiger partial charge in [0.15, 0.2) is 0 Å². The highest BCUT2D eigenvalue weighted by Gasteiger charge is 2.26. The Bertz CT molecular complexity index is 1110. The number of imidazole rings is 1. The Labute approximate surface area is 176 Å². The van der Waals surface area contributed by atoms with Gasteiger partial charge in [0.05, 0.1) is 17.5 Å². The third kappa shape index (κ3) is 5.53. The Morgan fingerprint density at radius 3 is 2.52 bits per heavy atom. The number of phenols is 1. The minimum atomic E-state index is -4.34. The quantitative estimate of drug-likeness (QED) is 0.493. The van der Waals surface area contributed by atoms with Crippen molar-refractivity contribution in [2.45, 2.75) is 45.2 Å². The molecule has 5 nitrogen and oxygen atoms in total. The molecule has 1 amide bonds. The van der Waals surface area contributed by atoms with Crippen molar-refractivity contribution < 1.29 is 27.5 Å². The van der Waals surface area contributed by atoms with Crippen LogP contribution in [0.2, 0.25) is 0 Å². The number of aromatic hydroxyl groups is 1. The maximum absolute atomic E-state index is 14.6. The Balaban J connectivity index is 1.78. The molecule has 0 bridgehead atoms. The highest BCUT2D eigenvalue weighted by atomic mass is 19.4. The fraction of sp³-hybridized carbons (Fsp3) is 0.364. The highest BCUT2D eigenvalue weighted by molar-refractivity contribution is 5.97. The minimum Gasteiger partial charge on any atom is -0.508 e. The van der Waals surface area contributed by atoms with Crippen molar-refractivity contribution in [1.29, 1.82) is 0 Å². The zero-order valence-corrected chi connectivity index (χ0v) is 17.3. The number of carbonyl (C=O) groups is 1. The van der Waals surface area contributed by atoms with Crippen LogP contribution in [0.25, 0.3) is 11.0 Å². The van der Waals surface area contributed by atoms with Crippen LogP contribution in [0.4, 0.5) is 17.6 Å². The van der Waals surface area contributed by atoms with Gasteiger partial charge in [-0.15, -0.1) is 0 Å². The van der Waals surface area contributed by atoms with Crippen LogP contribution in [-0.2, 0) is 11.8 Å². The lowest BCUT2D eigenvalue weighted by atomic mass is 9.85. The topological polar surface area (TPSA) is 78.0 Å². The highest BCUT2D eigenvalue weighted by Crippen LogP contribution is 2.33. The van der Waals surface area contributed by atoms with Crippen LogP contribution in [0.1, 0.15) is 54.5 Å². The van der Waals surface area contributed by atoms with E-state index in [1.807, 2.05) is 20.8 Å². The van der Waals surface area contributed by atoms with Crippen LogP contribution < -0.4 is 5.32 Å². The summed E-state index contributed by atoms with van der Waals surface area (Å²) in [5.74, 6) is -0.679. The van der Waals surface area contributed by atoms with Gasteiger partial charge in [-0.1, -0.05) is 20.8 Å². The second kappa shape index (κ2) is 8.20. The number of hydrogen-bond donors (Lipinski definition) is 3. The van der Waals surface area contributed by atoms with E-state index in [1.165, 1.54) is 24.3 Å². The second-order valence-corrected chi connectivity index (χ2v) is 8.42. The molecule has 0 saturated heterocycles. The predicted octanol–water partition coefficient (Wildman–Crippen LogP) is 4.98. The molecule has 1 aromatic heterocycles. The number of nitrogens with one attached hydrogen (secondary N) is 2. The number of aromatic nitrogens is 2. The van der Waals surface area contributed by atoms with E-state index in [0.717, 1.165) is 0 Å². The van der Waals surface area contributed by atoms with Gasteiger partial charge in [0.1, 0.15) is 17.4 Å². The Kier molecular flexibility index (Phi) is 5.98. The third-order valence-corrected chi connectivity index (χ3v) is 4.82. The Morgan fingerprint density at radius 2 is 1.87 bits per heavy atom. The van der Waals surface area contributed by atoms with Crippen LogP contribution >= 0.6 is 0 Å². The van der Waals surface area contributed by atoms with E-state index in [-0.39, 0.29) is 23.3 Å². The van der Waals surface area contributed by atoms with Crippen LogP contribution in [0, 0.1) is 5.82 Å². The average molecular weight is 437 g/mol. The Morgan fingerprint density at radius 1 is 1.16 bits per heavy atom. The van der Waals surface area contributed by atoms with Gasteiger partial charge in [0.25, 0.3) is 5.91 Å². The van der Waals surface area contributed by atoms with Gasteiger partial charge in [-0.3, -0.25) is 4.79 Å². The molecule has 3 rings (SSSR count). The molecule has 166 valence electrons. The molecule has 0 aliphatic carbocycles. The van der Waals surface area contributed by atoms with E-state index in [9.17, 15) is 27.5 Å². The molecule has 9 heteroatoms. The lowest BCUT2D eigenvalue weighted by Gasteiger charge is -2.21. The summed E-state index contributed by atoms with van der Waals surface area (Å²) in [6.45, 7) is 5.10. The molecule has 3 aromatic rings. The van der Waals surface area contributed by atoms with Crippen molar-refractivity contribution in [2.24, 2.45) is 0 Å². The SMILES string of the molecule is CC(C)(C)c1cc(F)c(Cc2nc3cc(C(=O)NCCC(F)(F)F)ccc3[nH]2)cc1O. The number of alkyl halides is 3. The fourth-order valence-electron chi connectivity index (χ4n) is 3.23. The summed E-state index contributed by atoms with van der Waals surface area (Å²) in [5, 5.41) is 12.5. The van der Waals surface area contributed by atoms with Crippen molar-refractivity contribution >= 4 is 16.9 Å². The molecule has 0 aliphatic heterocycles. The normalized spacial score (nSPS) is 12.4. The van der Waals surface area contributed by atoms with E-state index in [0.29, 0.717) is 22.4 Å². The van der Waals surface area contributed by atoms with Gasteiger partial charge in [-0.05, 0) is 41.3 Å². The summed E-state index contributed by atoms with van der Waals surface area (Å²) >= 11 is 0. The molecule has 0 atom stereocenters. The first kappa shape index (κ1) is 22.6. The number of amides is 1. The van der Waals surface area contributed by atoms with E-state index in [2.05, 4.69) is 15.3 Å². The van der Waals surface area contributed by atoms with E-state index >= 15 is 0 Å². The number of carbonyl (C=O) groups excluding carboxylic acids is 1. The molecule has 0 radical (unpaired) electrons. The van der Waals surface area contributed by atoms with Gasteiger partial charge in [0, 0.05) is 24.1 Å². The summed E-state index contributed by atoms with van der Waals surface area (Å²) < 4.78 is 51.3. The molecular formula is C22H23F4N3O2. The van der Waals surface area contributed by atoms with Crippen LogP contribution in [-0.4, -0.2) is 33.7 Å². The van der Waals surface area contributed by atoms with Crippen molar-refractivity contribution in [3.05, 3.63) is 58.7 Å². The number of aromatic amines is 1. The molecule has 31 heavy (non-hydrogen) atoms. The zero-order chi connectivity index (χ0) is 23.0. The first-order valence-corrected chi connectivity index (χ1v) is 9.69. The number of halogens is 4.